The maximum Gasteiger partial charge on any atom is 0.309 e. The van der Waals surface area contributed by atoms with Gasteiger partial charge >= 0.3 is 11.8 Å². The van der Waals surface area contributed by atoms with Crippen LogP contribution in [0.3, 0.4) is 0 Å². The second kappa shape index (κ2) is 9.98. The summed E-state index contributed by atoms with van der Waals surface area (Å²) in [7, 11) is 0. The molecule has 0 aliphatic rings. The fourth-order valence-corrected chi connectivity index (χ4v) is 2.35. The Morgan fingerprint density at radius 3 is 2.36 bits per heavy atom. The first-order valence-electron chi connectivity index (χ1n) is 8.22. The Morgan fingerprint density at radius 1 is 1.09 bits per heavy atom. The van der Waals surface area contributed by atoms with E-state index in [-0.39, 0.29) is 6.04 Å². The molecule has 2 amide bonds. The van der Waals surface area contributed by atoms with Crippen LogP contribution in [0.4, 0.5) is 0 Å². The monoisotopic (exact) mass is 304 g/mol. The predicted molar refractivity (Wildman–Crippen MR) is 89.3 cm³/mol. The van der Waals surface area contributed by atoms with Gasteiger partial charge in [0, 0.05) is 6.54 Å². The number of carbonyl (C=O) groups is 2. The number of nitrogens with one attached hydrogen (secondary N) is 2. The molecule has 0 saturated heterocycles. The van der Waals surface area contributed by atoms with Gasteiger partial charge in [-0.25, -0.2) is 0 Å². The number of carbonyl (C=O) groups excluding carboxylic acids is 2. The van der Waals surface area contributed by atoms with Crippen molar-refractivity contribution in [3.05, 3.63) is 35.9 Å². The zero-order chi connectivity index (χ0) is 16.4. The van der Waals surface area contributed by atoms with Crippen LogP contribution in [-0.2, 0) is 9.59 Å². The highest BCUT2D eigenvalue weighted by atomic mass is 16.2. The molecule has 122 valence electrons. The van der Waals surface area contributed by atoms with Crippen molar-refractivity contribution in [3.8, 4) is 0 Å². The third-order valence-electron chi connectivity index (χ3n) is 3.95. The summed E-state index contributed by atoms with van der Waals surface area (Å²) in [6, 6.07) is 9.43. The van der Waals surface area contributed by atoms with Crippen LogP contribution in [0, 0.1) is 5.92 Å². The van der Waals surface area contributed by atoms with Crippen molar-refractivity contribution in [2.75, 3.05) is 6.54 Å². The quantitative estimate of drug-likeness (QED) is 0.725. The summed E-state index contributed by atoms with van der Waals surface area (Å²) >= 11 is 0. The Kier molecular flexibility index (Phi) is 8.26. The summed E-state index contributed by atoms with van der Waals surface area (Å²) in [5.41, 5.74) is 0.984. The lowest BCUT2D eigenvalue weighted by molar-refractivity contribution is -0.139. The van der Waals surface area contributed by atoms with Gasteiger partial charge in [-0.3, -0.25) is 9.59 Å². The van der Waals surface area contributed by atoms with Crippen molar-refractivity contribution in [2.24, 2.45) is 5.92 Å². The topological polar surface area (TPSA) is 58.2 Å². The molecule has 4 nitrogen and oxygen atoms in total. The molecule has 0 spiro atoms. The average Bonchev–Trinajstić information content (AvgIpc) is 2.55. The molecule has 1 aromatic rings. The van der Waals surface area contributed by atoms with Crippen LogP contribution in [0.25, 0.3) is 0 Å². The second-order valence-corrected chi connectivity index (χ2v) is 5.73. The Bertz CT molecular complexity index is 459. The number of unbranched alkanes of at least 4 members (excludes halogenated alkanes) is 1. The molecule has 0 saturated carbocycles. The van der Waals surface area contributed by atoms with Gasteiger partial charge in [0.05, 0.1) is 6.04 Å². The lowest BCUT2D eigenvalue weighted by atomic mass is 9.99. The summed E-state index contributed by atoms with van der Waals surface area (Å²) in [4.78, 5) is 23.8. The molecule has 0 fully saturated rings. The highest BCUT2D eigenvalue weighted by molar-refractivity contribution is 6.35. The van der Waals surface area contributed by atoms with Crippen LogP contribution in [0.2, 0.25) is 0 Å². The summed E-state index contributed by atoms with van der Waals surface area (Å²) in [5, 5.41) is 5.48. The first-order chi connectivity index (χ1) is 10.6. The van der Waals surface area contributed by atoms with Crippen LogP contribution in [-0.4, -0.2) is 18.4 Å². The Hall–Kier alpha value is -1.84. The molecular formula is C18H28N2O2. The van der Waals surface area contributed by atoms with E-state index in [0.717, 1.165) is 31.2 Å². The molecule has 1 rings (SSSR count). The fourth-order valence-electron chi connectivity index (χ4n) is 2.35. The number of hydrogen-bond acceptors (Lipinski definition) is 2. The molecule has 2 N–H and O–H groups in total. The largest absolute Gasteiger partial charge is 0.348 e. The van der Waals surface area contributed by atoms with E-state index in [4.69, 9.17) is 0 Å². The molecule has 0 radical (unpaired) electrons. The van der Waals surface area contributed by atoms with E-state index in [1.54, 1.807) is 0 Å². The van der Waals surface area contributed by atoms with E-state index in [1.165, 1.54) is 0 Å². The lowest BCUT2D eigenvalue weighted by Crippen LogP contribution is -2.42. The number of amides is 2. The van der Waals surface area contributed by atoms with Crippen LogP contribution in [0.15, 0.2) is 30.3 Å². The normalized spacial score (nSPS) is 13.2. The van der Waals surface area contributed by atoms with Crippen LogP contribution < -0.4 is 10.6 Å². The van der Waals surface area contributed by atoms with Gasteiger partial charge in [0.2, 0.25) is 0 Å². The molecule has 2 atom stereocenters. The van der Waals surface area contributed by atoms with Crippen molar-refractivity contribution < 1.29 is 9.59 Å². The molecular weight excluding hydrogens is 276 g/mol. The molecule has 0 aliphatic heterocycles. The van der Waals surface area contributed by atoms with E-state index < -0.39 is 11.8 Å². The molecule has 4 heteroatoms. The maximum absolute atomic E-state index is 11.9. The van der Waals surface area contributed by atoms with E-state index >= 15 is 0 Å². The standard InChI is InChI=1S/C18H28N2O2/c1-4-6-10-15(5-2)13-19-17(21)18(22)20-14(3)16-11-8-7-9-12-16/h7-9,11-12,14-15H,4-6,10,13H2,1-3H3,(H,19,21)(H,20,22)/t14-,15+/m0/s1. The third kappa shape index (κ3) is 6.29. The lowest BCUT2D eigenvalue weighted by Gasteiger charge is -2.17. The predicted octanol–water partition coefficient (Wildman–Crippen LogP) is 3.20. The zero-order valence-electron chi connectivity index (χ0n) is 13.9. The van der Waals surface area contributed by atoms with Crippen LogP contribution in [0.1, 0.15) is 58.1 Å². The third-order valence-corrected chi connectivity index (χ3v) is 3.95. The van der Waals surface area contributed by atoms with Gasteiger partial charge in [-0.2, -0.15) is 0 Å². The smallest absolute Gasteiger partial charge is 0.309 e. The van der Waals surface area contributed by atoms with Gasteiger partial charge in [-0.05, 0) is 24.8 Å². The summed E-state index contributed by atoms with van der Waals surface area (Å²) < 4.78 is 0. The molecule has 1 aromatic carbocycles. The van der Waals surface area contributed by atoms with Crippen LogP contribution in [0.5, 0.6) is 0 Å². The Morgan fingerprint density at radius 2 is 1.77 bits per heavy atom. The minimum atomic E-state index is -0.568. The van der Waals surface area contributed by atoms with Crippen molar-refractivity contribution in [3.63, 3.8) is 0 Å². The van der Waals surface area contributed by atoms with Gasteiger partial charge < -0.3 is 10.6 Å². The summed E-state index contributed by atoms with van der Waals surface area (Å²) in [6.45, 7) is 6.72. The van der Waals surface area contributed by atoms with Gasteiger partial charge in [-0.1, -0.05) is 63.4 Å². The van der Waals surface area contributed by atoms with Gasteiger partial charge in [-0.15, -0.1) is 0 Å². The highest BCUT2D eigenvalue weighted by Gasteiger charge is 2.17. The maximum atomic E-state index is 11.9. The summed E-state index contributed by atoms with van der Waals surface area (Å²) in [5.74, 6) is -0.664. The molecule has 0 heterocycles. The Labute approximate surface area is 133 Å². The van der Waals surface area contributed by atoms with Gasteiger partial charge in [0.25, 0.3) is 0 Å². The number of rotatable bonds is 8. The van der Waals surface area contributed by atoms with Crippen LogP contribution >= 0.6 is 0 Å². The highest BCUT2D eigenvalue weighted by Crippen LogP contribution is 2.12. The van der Waals surface area contributed by atoms with E-state index in [2.05, 4.69) is 24.5 Å². The number of hydrogen-bond donors (Lipinski definition) is 2. The summed E-state index contributed by atoms with van der Waals surface area (Å²) in [6.07, 6.45) is 4.42. The van der Waals surface area contributed by atoms with E-state index in [9.17, 15) is 9.59 Å². The molecule has 0 aromatic heterocycles. The SMILES string of the molecule is CCCC[C@@H](CC)CNC(=O)C(=O)N[C@@H](C)c1ccccc1. The van der Waals surface area contributed by atoms with E-state index in [0.29, 0.717) is 12.5 Å². The van der Waals surface area contributed by atoms with Crippen molar-refractivity contribution in [1.29, 1.82) is 0 Å². The minimum absolute atomic E-state index is 0.179. The van der Waals surface area contributed by atoms with Crippen molar-refractivity contribution in [1.82, 2.24) is 10.6 Å². The molecule has 0 aliphatic carbocycles. The van der Waals surface area contributed by atoms with E-state index in [1.807, 2.05) is 37.3 Å². The molecule has 0 bridgehead atoms. The first-order valence-corrected chi connectivity index (χ1v) is 8.22. The van der Waals surface area contributed by atoms with Crippen molar-refractivity contribution >= 4 is 11.8 Å². The van der Waals surface area contributed by atoms with Gasteiger partial charge in [0.15, 0.2) is 0 Å². The molecule has 22 heavy (non-hydrogen) atoms. The van der Waals surface area contributed by atoms with Gasteiger partial charge in [0.1, 0.15) is 0 Å². The fraction of sp³-hybridized carbons (Fsp3) is 0.556. The Balaban J connectivity index is 2.40. The first kappa shape index (κ1) is 18.2. The minimum Gasteiger partial charge on any atom is -0.348 e. The van der Waals surface area contributed by atoms with Crippen molar-refractivity contribution in [2.45, 2.75) is 52.5 Å². The average molecular weight is 304 g/mol. The number of benzene rings is 1. The molecule has 0 unspecified atom stereocenters. The zero-order valence-corrected chi connectivity index (χ0v) is 13.9. The second-order valence-electron chi connectivity index (χ2n) is 5.73.